The van der Waals surface area contributed by atoms with Crippen LogP contribution in [0.5, 0.6) is 11.5 Å². The summed E-state index contributed by atoms with van der Waals surface area (Å²) in [4.78, 5) is 33.1. The van der Waals surface area contributed by atoms with E-state index in [1.54, 1.807) is 30.7 Å². The molecule has 4 aromatic carbocycles. The molecule has 0 radical (unpaired) electrons. The van der Waals surface area contributed by atoms with Gasteiger partial charge < -0.3 is 14.8 Å². The number of amides is 1. The maximum Gasteiger partial charge on any atom is 0.271 e. The zero-order chi connectivity index (χ0) is 32.2. The summed E-state index contributed by atoms with van der Waals surface area (Å²) in [7, 11) is 1.58. The molecular formula is C36H27BrN4O4S. The second-order valence-corrected chi connectivity index (χ2v) is 12.3. The Morgan fingerprint density at radius 2 is 1.85 bits per heavy atom. The minimum Gasteiger partial charge on any atom is -0.497 e. The first-order valence-electron chi connectivity index (χ1n) is 14.3. The van der Waals surface area contributed by atoms with Crippen LogP contribution in [0.4, 0.5) is 5.69 Å². The summed E-state index contributed by atoms with van der Waals surface area (Å²) in [5, 5.41) is 12.3. The summed E-state index contributed by atoms with van der Waals surface area (Å²) < 4.78 is 14.2. The van der Waals surface area contributed by atoms with Gasteiger partial charge >= 0.3 is 0 Å². The summed E-state index contributed by atoms with van der Waals surface area (Å²) in [6.45, 7) is 2.03. The average Bonchev–Trinajstić information content (AvgIpc) is 3.37. The van der Waals surface area contributed by atoms with E-state index in [4.69, 9.17) is 14.5 Å². The molecule has 1 aliphatic rings. The second kappa shape index (κ2) is 13.4. The van der Waals surface area contributed by atoms with Crippen LogP contribution >= 0.6 is 27.3 Å². The van der Waals surface area contributed by atoms with Gasteiger partial charge in [0.15, 0.2) is 4.80 Å². The number of carbonyl (C=O) groups excluding carboxylic acids is 1. The van der Waals surface area contributed by atoms with Gasteiger partial charge in [0.1, 0.15) is 18.1 Å². The van der Waals surface area contributed by atoms with E-state index in [1.807, 2.05) is 91.0 Å². The van der Waals surface area contributed by atoms with Gasteiger partial charge in [0.05, 0.1) is 45.1 Å². The summed E-state index contributed by atoms with van der Waals surface area (Å²) >= 11 is 4.85. The molecule has 2 heterocycles. The molecule has 5 aromatic rings. The van der Waals surface area contributed by atoms with Crippen molar-refractivity contribution in [2.45, 2.75) is 19.6 Å². The summed E-state index contributed by atoms with van der Waals surface area (Å²) in [5.74, 6) is 0.876. The number of rotatable bonds is 8. The van der Waals surface area contributed by atoms with Gasteiger partial charge in [-0.05, 0) is 82.5 Å². The molecular weight excluding hydrogens is 664 g/mol. The number of allylic oxidation sites excluding steroid dienone is 1. The van der Waals surface area contributed by atoms with Crippen LogP contribution in [0.3, 0.4) is 0 Å². The average molecular weight is 692 g/mol. The molecule has 1 atom stereocenters. The first-order chi connectivity index (χ1) is 22.4. The van der Waals surface area contributed by atoms with Gasteiger partial charge in [0.25, 0.3) is 11.5 Å². The number of para-hydroxylation sites is 1. The largest absolute Gasteiger partial charge is 0.497 e. The van der Waals surface area contributed by atoms with Crippen molar-refractivity contribution in [1.82, 2.24) is 4.57 Å². The van der Waals surface area contributed by atoms with Crippen molar-refractivity contribution >= 4 is 44.9 Å². The fourth-order valence-corrected chi connectivity index (χ4v) is 6.80. The molecule has 0 aliphatic carbocycles. The molecule has 1 unspecified atom stereocenters. The molecule has 1 aliphatic heterocycles. The van der Waals surface area contributed by atoms with Crippen LogP contribution in [-0.4, -0.2) is 17.6 Å². The Morgan fingerprint density at radius 3 is 2.61 bits per heavy atom. The van der Waals surface area contributed by atoms with E-state index in [9.17, 15) is 14.9 Å². The van der Waals surface area contributed by atoms with Crippen molar-refractivity contribution in [1.29, 1.82) is 5.26 Å². The number of fused-ring (bicyclic) bond motifs is 1. The monoisotopic (exact) mass is 690 g/mol. The molecule has 228 valence electrons. The van der Waals surface area contributed by atoms with Crippen LogP contribution in [0.2, 0.25) is 0 Å². The molecule has 0 fully saturated rings. The number of ether oxygens (including phenoxy) is 2. The van der Waals surface area contributed by atoms with E-state index >= 15 is 0 Å². The Morgan fingerprint density at radius 1 is 1.07 bits per heavy atom. The lowest BCUT2D eigenvalue weighted by Crippen LogP contribution is -2.40. The zero-order valence-corrected chi connectivity index (χ0v) is 27.3. The quantitative estimate of drug-likeness (QED) is 0.212. The number of halogens is 1. The maximum atomic E-state index is 14.1. The number of benzene rings is 4. The highest BCUT2D eigenvalue weighted by Crippen LogP contribution is 2.33. The van der Waals surface area contributed by atoms with Crippen LogP contribution in [-0.2, 0) is 11.4 Å². The van der Waals surface area contributed by atoms with Crippen molar-refractivity contribution < 1.29 is 14.3 Å². The van der Waals surface area contributed by atoms with E-state index in [0.29, 0.717) is 47.8 Å². The third-order valence-corrected chi connectivity index (χ3v) is 9.08. The topological polar surface area (TPSA) is 106 Å². The Kier molecular flexibility index (Phi) is 8.97. The number of nitriles is 1. The number of hydrogen-bond acceptors (Lipinski definition) is 7. The first kappa shape index (κ1) is 30.8. The van der Waals surface area contributed by atoms with Gasteiger partial charge in [-0.1, -0.05) is 65.9 Å². The second-order valence-electron chi connectivity index (χ2n) is 10.4. The number of nitrogens with one attached hydrogen (secondary N) is 1. The van der Waals surface area contributed by atoms with Gasteiger partial charge in [0, 0.05) is 11.3 Å². The molecule has 8 nitrogen and oxygen atoms in total. The van der Waals surface area contributed by atoms with Gasteiger partial charge in [0.2, 0.25) is 0 Å². The van der Waals surface area contributed by atoms with Gasteiger partial charge in [-0.25, -0.2) is 4.99 Å². The van der Waals surface area contributed by atoms with Crippen LogP contribution < -0.4 is 29.7 Å². The van der Waals surface area contributed by atoms with E-state index in [2.05, 4.69) is 27.3 Å². The number of nitrogens with zero attached hydrogens (tertiary/aromatic N) is 3. The SMILES string of the molecule is COc1cccc(C2C(C(=O)Nc3ccccc3)=C(C)N=c3sc(=Cc4ccc(OCc5ccccc5C#N)c(Br)c4)c(=O)n32)c1. The molecule has 46 heavy (non-hydrogen) atoms. The van der Waals surface area contributed by atoms with Gasteiger partial charge in [-0.2, -0.15) is 5.26 Å². The Bertz CT molecular complexity index is 2220. The van der Waals surface area contributed by atoms with Crippen LogP contribution in [0.1, 0.15) is 35.2 Å². The smallest absolute Gasteiger partial charge is 0.271 e. The van der Waals surface area contributed by atoms with E-state index in [1.165, 1.54) is 11.3 Å². The fraction of sp³-hybridized carbons (Fsp3) is 0.111. The normalized spacial score (nSPS) is 14.2. The Hall–Kier alpha value is -5.24. The van der Waals surface area contributed by atoms with Crippen LogP contribution in [0.15, 0.2) is 123 Å². The molecule has 0 saturated heterocycles. The lowest BCUT2D eigenvalue weighted by atomic mass is 9.95. The number of thiazole rings is 1. The van der Waals surface area contributed by atoms with Crippen molar-refractivity contribution in [3.8, 4) is 17.6 Å². The van der Waals surface area contributed by atoms with Crippen molar-refractivity contribution in [2.75, 3.05) is 12.4 Å². The van der Waals surface area contributed by atoms with E-state index < -0.39 is 6.04 Å². The van der Waals surface area contributed by atoms with E-state index in [0.717, 1.165) is 16.7 Å². The minimum absolute atomic E-state index is 0.240. The minimum atomic E-state index is -0.726. The highest BCUT2D eigenvalue weighted by atomic mass is 79.9. The van der Waals surface area contributed by atoms with Crippen LogP contribution in [0.25, 0.3) is 6.08 Å². The van der Waals surface area contributed by atoms with Crippen LogP contribution in [0, 0.1) is 11.3 Å². The molecule has 1 aromatic heterocycles. The molecule has 1 amide bonds. The Labute approximate surface area is 277 Å². The van der Waals surface area contributed by atoms with Gasteiger partial charge in [-0.3, -0.25) is 14.2 Å². The summed E-state index contributed by atoms with van der Waals surface area (Å²) in [6, 6.07) is 30.9. The predicted octanol–water partition coefficient (Wildman–Crippen LogP) is 6.10. The molecule has 0 spiro atoms. The third kappa shape index (κ3) is 6.29. The van der Waals surface area contributed by atoms with Crippen molar-refractivity contribution in [3.63, 3.8) is 0 Å². The number of methoxy groups -OCH3 is 1. The molecule has 6 rings (SSSR count). The number of anilines is 1. The molecule has 0 bridgehead atoms. The number of hydrogen-bond donors (Lipinski definition) is 1. The third-order valence-electron chi connectivity index (χ3n) is 7.48. The molecule has 10 heteroatoms. The van der Waals surface area contributed by atoms with Gasteiger partial charge in [-0.15, -0.1) is 0 Å². The highest BCUT2D eigenvalue weighted by Gasteiger charge is 2.32. The lowest BCUT2D eigenvalue weighted by molar-refractivity contribution is -0.113. The highest BCUT2D eigenvalue weighted by molar-refractivity contribution is 9.10. The molecule has 1 N–H and O–H groups in total. The maximum absolute atomic E-state index is 14.1. The summed E-state index contributed by atoms with van der Waals surface area (Å²) in [5.41, 5.74) is 4.13. The summed E-state index contributed by atoms with van der Waals surface area (Å²) in [6.07, 6.45) is 1.80. The lowest BCUT2D eigenvalue weighted by Gasteiger charge is -2.25. The number of carbonyl (C=O) groups is 1. The van der Waals surface area contributed by atoms with Crippen molar-refractivity contribution in [3.05, 3.63) is 155 Å². The number of aromatic nitrogens is 1. The molecule has 0 saturated carbocycles. The Balaban J connectivity index is 1.37. The van der Waals surface area contributed by atoms with E-state index in [-0.39, 0.29) is 18.1 Å². The standard InChI is InChI=1S/C36H27BrN4O4S/c1-22-32(34(42)40-27-12-4-3-5-13-27)33(24-11-8-14-28(19-24)44-2)41-35(43)31(46-36(41)39-22)18-23-15-16-30(29(37)17-23)45-21-26-10-7-6-9-25(26)20-38/h3-19,33H,21H2,1-2H3,(H,40,42). The van der Waals surface area contributed by atoms with Crippen molar-refractivity contribution in [2.24, 2.45) is 4.99 Å². The zero-order valence-electron chi connectivity index (χ0n) is 24.9. The first-order valence-corrected chi connectivity index (χ1v) is 15.9. The fourth-order valence-electron chi connectivity index (χ4n) is 5.24. The predicted molar refractivity (Wildman–Crippen MR) is 181 cm³/mol.